The van der Waals surface area contributed by atoms with E-state index in [4.69, 9.17) is 5.73 Å². The van der Waals surface area contributed by atoms with Crippen LogP contribution in [0.5, 0.6) is 0 Å². The SMILES string of the molecule is CN1CCc2ccccc2C1CNC(=O)C(N)=O. The standard InChI is InChI=1S/C13H17N3O2/c1-16-7-6-9-4-2-3-5-10(9)11(16)8-15-13(18)12(14)17/h2-5,11H,6-8H2,1H3,(H2,14,17)(H,15,18). The van der Waals surface area contributed by atoms with Crippen molar-refractivity contribution in [2.75, 3.05) is 20.1 Å². The second kappa shape index (κ2) is 5.18. The first-order valence-electron chi connectivity index (χ1n) is 5.95. The minimum absolute atomic E-state index is 0.0956. The molecule has 0 spiro atoms. The first-order valence-corrected chi connectivity index (χ1v) is 5.95. The fraction of sp³-hybridized carbons (Fsp3) is 0.385. The number of hydrogen-bond donors (Lipinski definition) is 2. The molecule has 5 heteroatoms. The van der Waals surface area contributed by atoms with Crippen molar-refractivity contribution in [1.82, 2.24) is 10.2 Å². The summed E-state index contributed by atoms with van der Waals surface area (Å²) >= 11 is 0. The lowest BCUT2D eigenvalue weighted by Crippen LogP contribution is -2.43. The number of nitrogens with two attached hydrogens (primary N) is 1. The summed E-state index contributed by atoms with van der Waals surface area (Å²) in [6, 6.07) is 8.26. The summed E-state index contributed by atoms with van der Waals surface area (Å²) in [5, 5.41) is 2.57. The molecule has 5 nitrogen and oxygen atoms in total. The highest BCUT2D eigenvalue weighted by Gasteiger charge is 2.25. The van der Waals surface area contributed by atoms with E-state index in [1.165, 1.54) is 11.1 Å². The topological polar surface area (TPSA) is 75.4 Å². The van der Waals surface area contributed by atoms with Crippen molar-refractivity contribution in [2.24, 2.45) is 5.73 Å². The molecule has 0 fully saturated rings. The molecule has 1 unspecified atom stereocenters. The van der Waals surface area contributed by atoms with Crippen molar-refractivity contribution in [3.63, 3.8) is 0 Å². The van der Waals surface area contributed by atoms with Gasteiger partial charge in [0.2, 0.25) is 0 Å². The highest BCUT2D eigenvalue weighted by Crippen LogP contribution is 2.27. The van der Waals surface area contributed by atoms with Crippen molar-refractivity contribution >= 4 is 11.8 Å². The zero-order valence-corrected chi connectivity index (χ0v) is 10.3. The van der Waals surface area contributed by atoms with Crippen LogP contribution in [0.2, 0.25) is 0 Å². The van der Waals surface area contributed by atoms with E-state index in [2.05, 4.69) is 22.3 Å². The quantitative estimate of drug-likeness (QED) is 0.712. The van der Waals surface area contributed by atoms with Gasteiger partial charge < -0.3 is 11.1 Å². The number of fused-ring (bicyclic) bond motifs is 1. The molecule has 0 aliphatic carbocycles. The Morgan fingerprint density at radius 2 is 2.17 bits per heavy atom. The number of carbonyl (C=O) groups excluding carboxylic acids is 2. The summed E-state index contributed by atoms with van der Waals surface area (Å²) in [7, 11) is 2.01. The fourth-order valence-corrected chi connectivity index (χ4v) is 2.32. The van der Waals surface area contributed by atoms with Gasteiger partial charge in [-0.3, -0.25) is 14.5 Å². The van der Waals surface area contributed by atoms with Crippen LogP contribution in [-0.2, 0) is 16.0 Å². The largest absolute Gasteiger partial charge is 0.361 e. The molecule has 18 heavy (non-hydrogen) atoms. The van der Waals surface area contributed by atoms with Crippen LogP contribution in [-0.4, -0.2) is 36.9 Å². The molecule has 1 atom stereocenters. The molecular formula is C13H17N3O2. The second-order valence-electron chi connectivity index (χ2n) is 4.52. The lowest BCUT2D eigenvalue weighted by Gasteiger charge is -2.34. The molecule has 1 aliphatic heterocycles. The van der Waals surface area contributed by atoms with E-state index in [0.717, 1.165) is 13.0 Å². The smallest absolute Gasteiger partial charge is 0.309 e. The maximum atomic E-state index is 11.2. The summed E-state index contributed by atoms with van der Waals surface area (Å²) < 4.78 is 0. The van der Waals surface area contributed by atoms with E-state index >= 15 is 0 Å². The maximum absolute atomic E-state index is 11.2. The van der Waals surface area contributed by atoms with Gasteiger partial charge in [-0.25, -0.2) is 0 Å². The van der Waals surface area contributed by atoms with Crippen LogP contribution in [0.25, 0.3) is 0 Å². The van der Waals surface area contributed by atoms with Gasteiger partial charge in [0, 0.05) is 13.1 Å². The van der Waals surface area contributed by atoms with Crippen molar-refractivity contribution < 1.29 is 9.59 Å². The van der Waals surface area contributed by atoms with Gasteiger partial charge in [-0.05, 0) is 24.6 Å². The van der Waals surface area contributed by atoms with Crippen LogP contribution >= 0.6 is 0 Å². The minimum Gasteiger partial charge on any atom is -0.361 e. The van der Waals surface area contributed by atoms with Crippen LogP contribution in [0.15, 0.2) is 24.3 Å². The number of carbonyl (C=O) groups is 2. The van der Waals surface area contributed by atoms with Gasteiger partial charge in [0.15, 0.2) is 0 Å². The van der Waals surface area contributed by atoms with Crippen molar-refractivity contribution in [2.45, 2.75) is 12.5 Å². The third kappa shape index (κ3) is 2.51. The number of amides is 2. The third-order valence-corrected chi connectivity index (χ3v) is 3.36. The Kier molecular flexibility index (Phi) is 3.62. The first kappa shape index (κ1) is 12.6. The van der Waals surface area contributed by atoms with Gasteiger partial charge in [0.1, 0.15) is 0 Å². The van der Waals surface area contributed by atoms with Crippen LogP contribution < -0.4 is 11.1 Å². The Balaban J connectivity index is 2.12. The normalized spacial score (nSPS) is 19.1. The number of benzene rings is 1. The van der Waals surface area contributed by atoms with Gasteiger partial charge in [0.05, 0.1) is 6.04 Å². The van der Waals surface area contributed by atoms with Crippen molar-refractivity contribution in [1.29, 1.82) is 0 Å². The Hall–Kier alpha value is -1.88. The minimum atomic E-state index is -0.943. The molecule has 0 radical (unpaired) electrons. The molecule has 0 aromatic heterocycles. The van der Waals surface area contributed by atoms with Gasteiger partial charge in [-0.1, -0.05) is 24.3 Å². The summed E-state index contributed by atoms with van der Waals surface area (Å²) in [6.45, 7) is 1.34. The number of nitrogens with zero attached hydrogens (tertiary/aromatic N) is 1. The fourth-order valence-electron chi connectivity index (χ4n) is 2.32. The van der Waals surface area contributed by atoms with Gasteiger partial charge in [-0.2, -0.15) is 0 Å². The zero-order chi connectivity index (χ0) is 13.1. The molecule has 96 valence electrons. The molecule has 3 N–H and O–H groups in total. The summed E-state index contributed by atoms with van der Waals surface area (Å²) in [5.74, 6) is -1.67. The second-order valence-corrected chi connectivity index (χ2v) is 4.52. The number of likely N-dealkylation sites (N-methyl/N-ethyl adjacent to an activating group) is 1. The highest BCUT2D eigenvalue weighted by atomic mass is 16.2. The highest BCUT2D eigenvalue weighted by molar-refractivity contribution is 6.34. The van der Waals surface area contributed by atoms with Crippen LogP contribution in [0.4, 0.5) is 0 Å². The number of rotatable bonds is 2. The van der Waals surface area contributed by atoms with Crippen LogP contribution in [0.1, 0.15) is 17.2 Å². The molecular weight excluding hydrogens is 230 g/mol. The Labute approximate surface area is 106 Å². The van der Waals surface area contributed by atoms with Crippen molar-refractivity contribution in [3.05, 3.63) is 35.4 Å². The molecule has 1 aromatic carbocycles. The number of primary amides is 1. The molecule has 1 aromatic rings. The Morgan fingerprint density at radius 1 is 1.44 bits per heavy atom. The summed E-state index contributed by atoms with van der Waals surface area (Å²) in [6.07, 6.45) is 1.01. The van der Waals surface area contributed by atoms with Gasteiger partial charge >= 0.3 is 11.8 Å². The zero-order valence-electron chi connectivity index (χ0n) is 10.3. The van der Waals surface area contributed by atoms with Gasteiger partial charge in [0.25, 0.3) is 0 Å². The summed E-state index contributed by atoms with van der Waals surface area (Å²) in [5.41, 5.74) is 7.42. The van der Waals surface area contributed by atoms with E-state index in [1.54, 1.807) is 0 Å². The average molecular weight is 247 g/mol. The third-order valence-electron chi connectivity index (χ3n) is 3.36. The molecule has 0 saturated carbocycles. The lowest BCUT2D eigenvalue weighted by molar-refractivity contribution is -0.137. The van der Waals surface area contributed by atoms with E-state index < -0.39 is 11.8 Å². The van der Waals surface area contributed by atoms with E-state index in [0.29, 0.717) is 6.54 Å². The van der Waals surface area contributed by atoms with Crippen molar-refractivity contribution in [3.8, 4) is 0 Å². The molecule has 2 rings (SSSR count). The van der Waals surface area contributed by atoms with E-state index in [-0.39, 0.29) is 6.04 Å². The van der Waals surface area contributed by atoms with Crippen LogP contribution in [0, 0.1) is 0 Å². The lowest BCUT2D eigenvalue weighted by atomic mass is 9.93. The Bertz CT molecular complexity index is 473. The summed E-state index contributed by atoms with van der Waals surface area (Å²) in [4.78, 5) is 24.1. The monoisotopic (exact) mass is 247 g/mol. The predicted molar refractivity (Wildman–Crippen MR) is 67.7 cm³/mol. The predicted octanol–water partition coefficient (Wildman–Crippen LogP) is -0.183. The first-order chi connectivity index (χ1) is 8.59. The van der Waals surface area contributed by atoms with Gasteiger partial charge in [-0.15, -0.1) is 0 Å². The van der Waals surface area contributed by atoms with E-state index in [9.17, 15) is 9.59 Å². The molecule has 0 saturated heterocycles. The average Bonchev–Trinajstić information content (AvgIpc) is 2.37. The molecule has 1 heterocycles. The maximum Gasteiger partial charge on any atom is 0.309 e. The van der Waals surface area contributed by atoms with Crippen LogP contribution in [0.3, 0.4) is 0 Å². The number of nitrogens with one attached hydrogen (secondary N) is 1. The Morgan fingerprint density at radius 3 is 2.89 bits per heavy atom. The molecule has 2 amide bonds. The molecule has 1 aliphatic rings. The molecule has 0 bridgehead atoms. The van der Waals surface area contributed by atoms with E-state index in [1.807, 2.05) is 19.2 Å². The number of hydrogen-bond acceptors (Lipinski definition) is 3.